The average molecular weight is 371 g/mol. The van der Waals surface area contributed by atoms with E-state index in [0.29, 0.717) is 13.0 Å². The number of anilines is 1. The molecule has 0 saturated carbocycles. The number of aliphatic hydroxyl groups excluding tert-OH is 1. The smallest absolute Gasteiger partial charge is 0.147 e. The van der Waals surface area contributed by atoms with E-state index >= 15 is 0 Å². The maximum absolute atomic E-state index is 9.03. The van der Waals surface area contributed by atoms with Crippen molar-refractivity contribution in [3.8, 4) is 0 Å². The van der Waals surface area contributed by atoms with Crippen molar-refractivity contribution >= 4 is 37.6 Å². The Morgan fingerprint density at radius 3 is 2.81 bits per heavy atom. The number of hydrogen-bond acceptors (Lipinski definition) is 6. The van der Waals surface area contributed by atoms with Crippen LogP contribution in [0.3, 0.4) is 0 Å². The van der Waals surface area contributed by atoms with E-state index in [1.807, 2.05) is 0 Å². The molecular weight excluding hydrogens is 344 g/mol. The van der Waals surface area contributed by atoms with Crippen LogP contribution >= 0.6 is 11.3 Å². The molecule has 1 aliphatic carbocycles. The van der Waals surface area contributed by atoms with Gasteiger partial charge in [0.1, 0.15) is 17.0 Å². The topological polar surface area (TPSA) is 70.9 Å². The molecule has 3 aromatic heterocycles. The molecule has 138 valence electrons. The van der Waals surface area contributed by atoms with Gasteiger partial charge in [-0.3, -0.25) is 0 Å². The fraction of sp³-hybridized carbons (Fsp3) is 0.550. The van der Waals surface area contributed by atoms with E-state index in [1.165, 1.54) is 47.9 Å². The van der Waals surface area contributed by atoms with Crippen molar-refractivity contribution in [2.45, 2.75) is 58.3 Å². The van der Waals surface area contributed by atoms with Gasteiger partial charge in [0.25, 0.3) is 0 Å². The number of aryl methyl sites for hydroxylation is 2. The molecule has 5 nitrogen and oxygen atoms in total. The van der Waals surface area contributed by atoms with E-state index < -0.39 is 0 Å². The van der Waals surface area contributed by atoms with Crippen LogP contribution < -0.4 is 5.32 Å². The molecular formula is C20H26N4OS. The molecule has 0 unspecified atom stereocenters. The van der Waals surface area contributed by atoms with Gasteiger partial charge >= 0.3 is 0 Å². The fourth-order valence-electron chi connectivity index (χ4n) is 3.90. The van der Waals surface area contributed by atoms with Gasteiger partial charge in [-0.1, -0.05) is 13.3 Å². The standard InChI is InChI=1S/C20H26N4OS/c1-2-3-9-15-13-7-4-5-8-14(13)16-17-18(26-20(16)24-15)19(23-12-22-17)21-10-6-11-25/h12,25H,2-11H2,1H3,(H,21,22,23). The third kappa shape index (κ3) is 3.16. The highest BCUT2D eigenvalue weighted by atomic mass is 32.1. The van der Waals surface area contributed by atoms with E-state index in [1.54, 1.807) is 17.7 Å². The van der Waals surface area contributed by atoms with Crippen LogP contribution in [0.2, 0.25) is 0 Å². The molecule has 0 aromatic carbocycles. The number of thiophene rings is 1. The first-order valence-electron chi connectivity index (χ1n) is 9.76. The zero-order chi connectivity index (χ0) is 17.9. The molecule has 0 spiro atoms. The van der Waals surface area contributed by atoms with Crippen LogP contribution in [0.4, 0.5) is 5.82 Å². The molecule has 0 fully saturated rings. The molecule has 3 heterocycles. The monoisotopic (exact) mass is 370 g/mol. The molecule has 4 rings (SSSR count). The molecule has 6 heteroatoms. The number of aliphatic hydroxyl groups is 1. The molecule has 1 aliphatic rings. The van der Waals surface area contributed by atoms with E-state index in [9.17, 15) is 0 Å². The number of fused-ring (bicyclic) bond motifs is 5. The molecule has 0 bridgehead atoms. The van der Waals surface area contributed by atoms with Crippen LogP contribution in [0.25, 0.3) is 20.4 Å². The van der Waals surface area contributed by atoms with Crippen molar-refractivity contribution in [1.29, 1.82) is 0 Å². The molecule has 2 N–H and O–H groups in total. The summed E-state index contributed by atoms with van der Waals surface area (Å²) in [6.07, 6.45) is 10.7. The Morgan fingerprint density at radius 2 is 2.00 bits per heavy atom. The summed E-state index contributed by atoms with van der Waals surface area (Å²) in [4.78, 5) is 15.3. The van der Waals surface area contributed by atoms with Gasteiger partial charge in [-0.05, 0) is 56.1 Å². The van der Waals surface area contributed by atoms with Crippen molar-refractivity contribution in [3.63, 3.8) is 0 Å². The molecule has 0 aliphatic heterocycles. The SMILES string of the molecule is CCCCc1nc2sc3c(NCCCO)ncnc3c2c2c1CCCC2. The number of rotatable bonds is 7. The first-order valence-corrected chi connectivity index (χ1v) is 10.6. The predicted octanol–water partition coefficient (Wildman–Crippen LogP) is 4.26. The molecule has 3 aromatic rings. The minimum atomic E-state index is 0.184. The Kier molecular flexibility index (Phi) is 5.31. The zero-order valence-corrected chi connectivity index (χ0v) is 16.2. The maximum Gasteiger partial charge on any atom is 0.147 e. The first kappa shape index (κ1) is 17.6. The van der Waals surface area contributed by atoms with Gasteiger partial charge in [-0.25, -0.2) is 15.0 Å². The number of nitrogens with zero attached hydrogens (tertiary/aromatic N) is 3. The van der Waals surface area contributed by atoms with Gasteiger partial charge in [0.15, 0.2) is 0 Å². The lowest BCUT2D eigenvalue weighted by Gasteiger charge is -2.20. The van der Waals surface area contributed by atoms with Gasteiger partial charge in [-0.15, -0.1) is 11.3 Å². The van der Waals surface area contributed by atoms with Gasteiger partial charge in [-0.2, -0.15) is 0 Å². The number of unbranched alkanes of at least 4 members (excludes halogenated alkanes) is 1. The van der Waals surface area contributed by atoms with Crippen LogP contribution in [-0.2, 0) is 19.3 Å². The Balaban J connectivity index is 1.87. The highest BCUT2D eigenvalue weighted by molar-refractivity contribution is 7.26. The van der Waals surface area contributed by atoms with Crippen molar-refractivity contribution in [3.05, 3.63) is 23.1 Å². The van der Waals surface area contributed by atoms with Crippen LogP contribution in [0, 0.1) is 0 Å². The van der Waals surface area contributed by atoms with Gasteiger partial charge < -0.3 is 10.4 Å². The Hall–Kier alpha value is -1.79. The van der Waals surface area contributed by atoms with Crippen LogP contribution in [0.1, 0.15) is 55.8 Å². The summed E-state index contributed by atoms with van der Waals surface area (Å²) in [5.41, 5.74) is 5.33. The fourth-order valence-corrected chi connectivity index (χ4v) is 5.04. The molecule has 0 amide bonds. The lowest BCUT2D eigenvalue weighted by atomic mass is 9.87. The van der Waals surface area contributed by atoms with Crippen LogP contribution in [0.15, 0.2) is 6.33 Å². The average Bonchev–Trinajstić information content (AvgIpc) is 3.06. The van der Waals surface area contributed by atoms with Gasteiger partial charge in [0.05, 0.1) is 10.2 Å². The second-order valence-corrected chi connectivity index (χ2v) is 8.01. The number of aromatic nitrogens is 3. The number of pyridine rings is 1. The number of hydrogen-bond donors (Lipinski definition) is 2. The summed E-state index contributed by atoms with van der Waals surface area (Å²) < 4.78 is 1.09. The number of nitrogens with one attached hydrogen (secondary N) is 1. The molecule has 26 heavy (non-hydrogen) atoms. The summed E-state index contributed by atoms with van der Waals surface area (Å²) in [5, 5.41) is 13.6. The molecule has 0 saturated heterocycles. The van der Waals surface area contributed by atoms with E-state index in [2.05, 4.69) is 22.2 Å². The van der Waals surface area contributed by atoms with Gasteiger partial charge in [0.2, 0.25) is 0 Å². The Bertz CT molecular complexity index is 921. The zero-order valence-electron chi connectivity index (χ0n) is 15.3. The quantitative estimate of drug-likeness (QED) is 0.608. The van der Waals surface area contributed by atoms with Crippen molar-refractivity contribution < 1.29 is 5.11 Å². The first-order chi connectivity index (χ1) is 12.8. The maximum atomic E-state index is 9.03. The minimum Gasteiger partial charge on any atom is -0.396 e. The van der Waals surface area contributed by atoms with E-state index in [0.717, 1.165) is 40.1 Å². The largest absolute Gasteiger partial charge is 0.396 e. The van der Waals surface area contributed by atoms with Gasteiger partial charge in [0, 0.05) is 24.2 Å². The molecule has 0 radical (unpaired) electrons. The van der Waals surface area contributed by atoms with Crippen LogP contribution in [-0.4, -0.2) is 33.2 Å². The van der Waals surface area contributed by atoms with E-state index in [4.69, 9.17) is 10.1 Å². The van der Waals surface area contributed by atoms with Crippen molar-refractivity contribution in [2.24, 2.45) is 0 Å². The van der Waals surface area contributed by atoms with Crippen molar-refractivity contribution in [2.75, 3.05) is 18.5 Å². The minimum absolute atomic E-state index is 0.184. The van der Waals surface area contributed by atoms with Crippen molar-refractivity contribution in [1.82, 2.24) is 15.0 Å². The molecule has 0 atom stereocenters. The van der Waals surface area contributed by atoms with Crippen LogP contribution in [0.5, 0.6) is 0 Å². The Morgan fingerprint density at radius 1 is 1.15 bits per heavy atom. The summed E-state index contributed by atoms with van der Waals surface area (Å²) >= 11 is 1.71. The summed E-state index contributed by atoms with van der Waals surface area (Å²) in [5.74, 6) is 0.867. The lowest BCUT2D eigenvalue weighted by Crippen LogP contribution is -2.09. The third-order valence-electron chi connectivity index (χ3n) is 5.20. The second kappa shape index (κ2) is 7.84. The highest BCUT2D eigenvalue weighted by Crippen LogP contribution is 2.40. The van der Waals surface area contributed by atoms with E-state index in [-0.39, 0.29) is 6.61 Å². The Labute approximate surface area is 157 Å². The lowest BCUT2D eigenvalue weighted by molar-refractivity contribution is 0.292. The normalized spacial score (nSPS) is 14.1. The predicted molar refractivity (Wildman–Crippen MR) is 108 cm³/mol. The highest BCUT2D eigenvalue weighted by Gasteiger charge is 2.22. The second-order valence-electron chi connectivity index (χ2n) is 7.01. The third-order valence-corrected chi connectivity index (χ3v) is 6.28. The summed E-state index contributed by atoms with van der Waals surface area (Å²) in [6, 6.07) is 0. The summed E-state index contributed by atoms with van der Waals surface area (Å²) in [6.45, 7) is 3.14. The summed E-state index contributed by atoms with van der Waals surface area (Å²) in [7, 11) is 0.